The summed E-state index contributed by atoms with van der Waals surface area (Å²) in [5.74, 6) is 0.549. The van der Waals surface area contributed by atoms with Gasteiger partial charge in [0.05, 0.1) is 9.82 Å². The van der Waals surface area contributed by atoms with Gasteiger partial charge < -0.3 is 0 Å². The van der Waals surface area contributed by atoms with Gasteiger partial charge in [-0.2, -0.15) is 5.10 Å². The molecule has 0 fully saturated rings. The first kappa shape index (κ1) is 15.1. The van der Waals surface area contributed by atoms with Crippen LogP contribution in [0.4, 0.5) is 5.69 Å². The predicted molar refractivity (Wildman–Crippen MR) is 73.1 cm³/mol. The minimum Gasteiger partial charge on any atom is -0.263 e. The Balaban J connectivity index is 2.12. The van der Waals surface area contributed by atoms with Crippen LogP contribution in [0.15, 0.2) is 29.4 Å². The number of nitro benzene ring substituents is 1. The molecule has 2 rings (SSSR count). The Hall–Kier alpha value is -2.33. The summed E-state index contributed by atoms with van der Waals surface area (Å²) >= 11 is 0. The van der Waals surface area contributed by atoms with Crippen LogP contribution in [0.2, 0.25) is 0 Å². The standard InChI is InChI=1S/C11H13N5O4S/c1-8-2-3-9(6-10(8)16(17)18)21(19,20)14-5-4-11-12-7-13-15-11/h2-3,6-7,14H,4-5H2,1H3,(H,12,13,15). The molecule has 9 nitrogen and oxygen atoms in total. The van der Waals surface area contributed by atoms with E-state index < -0.39 is 14.9 Å². The zero-order chi connectivity index (χ0) is 15.5. The van der Waals surface area contributed by atoms with E-state index in [0.717, 1.165) is 6.07 Å². The number of nitrogens with one attached hydrogen (secondary N) is 2. The van der Waals surface area contributed by atoms with Crippen molar-refractivity contribution in [2.45, 2.75) is 18.2 Å². The monoisotopic (exact) mass is 311 g/mol. The fourth-order valence-corrected chi connectivity index (χ4v) is 2.74. The smallest absolute Gasteiger partial charge is 0.263 e. The number of nitro groups is 1. The first-order valence-corrected chi connectivity index (χ1v) is 7.47. The fourth-order valence-electron chi connectivity index (χ4n) is 1.69. The van der Waals surface area contributed by atoms with Crippen molar-refractivity contribution in [1.29, 1.82) is 0 Å². The van der Waals surface area contributed by atoms with Crippen molar-refractivity contribution in [2.24, 2.45) is 0 Å². The highest BCUT2D eigenvalue weighted by Crippen LogP contribution is 2.21. The lowest BCUT2D eigenvalue weighted by Crippen LogP contribution is -2.26. The summed E-state index contributed by atoms with van der Waals surface area (Å²) < 4.78 is 26.5. The van der Waals surface area contributed by atoms with Gasteiger partial charge in [0.25, 0.3) is 5.69 Å². The van der Waals surface area contributed by atoms with E-state index in [1.807, 2.05) is 0 Å². The Morgan fingerprint density at radius 2 is 2.19 bits per heavy atom. The van der Waals surface area contributed by atoms with Crippen LogP contribution in [-0.2, 0) is 16.4 Å². The molecule has 21 heavy (non-hydrogen) atoms. The van der Waals surface area contributed by atoms with E-state index >= 15 is 0 Å². The van der Waals surface area contributed by atoms with Crippen molar-refractivity contribution in [2.75, 3.05) is 6.54 Å². The summed E-state index contributed by atoms with van der Waals surface area (Å²) in [4.78, 5) is 14.0. The Morgan fingerprint density at radius 1 is 1.43 bits per heavy atom. The maximum absolute atomic E-state index is 12.1. The molecular weight excluding hydrogens is 298 g/mol. The number of hydrogen-bond donors (Lipinski definition) is 2. The van der Waals surface area contributed by atoms with Crippen LogP contribution in [0.1, 0.15) is 11.4 Å². The molecule has 0 atom stereocenters. The zero-order valence-electron chi connectivity index (χ0n) is 11.1. The van der Waals surface area contributed by atoms with Gasteiger partial charge in [-0.05, 0) is 13.0 Å². The molecule has 0 aliphatic rings. The number of rotatable bonds is 6. The molecule has 0 saturated heterocycles. The van der Waals surface area contributed by atoms with E-state index in [1.54, 1.807) is 6.92 Å². The van der Waals surface area contributed by atoms with Crippen molar-refractivity contribution in [3.05, 3.63) is 46.0 Å². The number of aromatic amines is 1. The third-order valence-electron chi connectivity index (χ3n) is 2.81. The van der Waals surface area contributed by atoms with Crippen molar-refractivity contribution < 1.29 is 13.3 Å². The van der Waals surface area contributed by atoms with Crippen LogP contribution >= 0.6 is 0 Å². The minimum atomic E-state index is -3.80. The van der Waals surface area contributed by atoms with E-state index in [-0.39, 0.29) is 17.1 Å². The molecule has 0 unspecified atom stereocenters. The number of benzene rings is 1. The molecule has 0 spiro atoms. The molecule has 1 aromatic carbocycles. The molecular formula is C11H13N5O4S. The van der Waals surface area contributed by atoms with Gasteiger partial charge in [0.1, 0.15) is 12.2 Å². The van der Waals surface area contributed by atoms with Crippen LogP contribution < -0.4 is 4.72 Å². The SMILES string of the molecule is Cc1ccc(S(=O)(=O)NCCc2ncn[nH]2)cc1[N+](=O)[O-]. The number of aryl methyl sites for hydroxylation is 1. The summed E-state index contributed by atoms with van der Waals surface area (Å²) in [6.45, 7) is 1.66. The topological polar surface area (TPSA) is 131 Å². The second-order valence-electron chi connectivity index (χ2n) is 4.29. The van der Waals surface area contributed by atoms with Crippen molar-refractivity contribution in [3.63, 3.8) is 0 Å². The molecule has 2 aromatic rings. The quantitative estimate of drug-likeness (QED) is 0.591. The van der Waals surface area contributed by atoms with Gasteiger partial charge >= 0.3 is 0 Å². The minimum absolute atomic E-state index is 0.110. The van der Waals surface area contributed by atoms with Crippen LogP contribution in [0.5, 0.6) is 0 Å². The Kier molecular flexibility index (Phi) is 4.29. The van der Waals surface area contributed by atoms with E-state index in [1.165, 1.54) is 18.5 Å². The number of aromatic nitrogens is 3. The van der Waals surface area contributed by atoms with Crippen molar-refractivity contribution in [3.8, 4) is 0 Å². The number of H-pyrrole nitrogens is 1. The first-order valence-electron chi connectivity index (χ1n) is 5.99. The lowest BCUT2D eigenvalue weighted by molar-refractivity contribution is -0.385. The average molecular weight is 311 g/mol. The number of hydrogen-bond acceptors (Lipinski definition) is 6. The maximum Gasteiger partial charge on any atom is 0.273 e. The highest BCUT2D eigenvalue weighted by Gasteiger charge is 2.19. The fraction of sp³-hybridized carbons (Fsp3) is 0.273. The van der Waals surface area contributed by atoms with Gasteiger partial charge in [0, 0.05) is 24.6 Å². The number of sulfonamides is 1. The van der Waals surface area contributed by atoms with Gasteiger partial charge in [-0.25, -0.2) is 18.1 Å². The van der Waals surface area contributed by atoms with E-state index in [0.29, 0.717) is 17.8 Å². The Labute approximate surface area is 120 Å². The summed E-state index contributed by atoms with van der Waals surface area (Å²) in [7, 11) is -3.80. The molecule has 0 bridgehead atoms. The molecule has 0 amide bonds. The lowest BCUT2D eigenvalue weighted by Gasteiger charge is -2.06. The van der Waals surface area contributed by atoms with Gasteiger partial charge in [-0.3, -0.25) is 15.2 Å². The van der Waals surface area contributed by atoms with Gasteiger partial charge in [-0.1, -0.05) is 6.07 Å². The molecule has 1 heterocycles. The summed E-state index contributed by atoms with van der Waals surface area (Å²) in [5.41, 5.74) is 0.175. The summed E-state index contributed by atoms with van der Waals surface area (Å²) in [6.07, 6.45) is 1.67. The predicted octanol–water partition coefficient (Wildman–Crippen LogP) is 0.542. The molecule has 10 heteroatoms. The molecule has 0 aliphatic carbocycles. The molecule has 0 aliphatic heterocycles. The third kappa shape index (κ3) is 3.61. The molecule has 0 radical (unpaired) electrons. The third-order valence-corrected chi connectivity index (χ3v) is 4.27. The maximum atomic E-state index is 12.1. The summed E-state index contributed by atoms with van der Waals surface area (Å²) in [5, 5.41) is 17.1. The normalized spacial score (nSPS) is 11.5. The van der Waals surface area contributed by atoms with Gasteiger partial charge in [0.2, 0.25) is 10.0 Å². The van der Waals surface area contributed by atoms with E-state index in [9.17, 15) is 18.5 Å². The second-order valence-corrected chi connectivity index (χ2v) is 6.05. The van der Waals surface area contributed by atoms with E-state index in [2.05, 4.69) is 19.9 Å². The molecule has 2 N–H and O–H groups in total. The van der Waals surface area contributed by atoms with Crippen LogP contribution in [0, 0.1) is 17.0 Å². The lowest BCUT2D eigenvalue weighted by atomic mass is 10.2. The highest BCUT2D eigenvalue weighted by molar-refractivity contribution is 7.89. The largest absolute Gasteiger partial charge is 0.273 e. The highest BCUT2D eigenvalue weighted by atomic mass is 32.2. The van der Waals surface area contributed by atoms with Crippen LogP contribution in [-0.4, -0.2) is 35.1 Å². The van der Waals surface area contributed by atoms with Crippen molar-refractivity contribution >= 4 is 15.7 Å². The molecule has 112 valence electrons. The second kappa shape index (κ2) is 5.97. The Morgan fingerprint density at radius 3 is 2.81 bits per heavy atom. The summed E-state index contributed by atoms with van der Waals surface area (Å²) in [6, 6.07) is 3.79. The molecule has 0 saturated carbocycles. The van der Waals surface area contributed by atoms with Crippen LogP contribution in [0.3, 0.4) is 0 Å². The van der Waals surface area contributed by atoms with Gasteiger partial charge in [0.15, 0.2) is 0 Å². The Bertz CT molecular complexity index is 742. The van der Waals surface area contributed by atoms with Crippen LogP contribution in [0.25, 0.3) is 0 Å². The van der Waals surface area contributed by atoms with E-state index in [4.69, 9.17) is 0 Å². The first-order chi connectivity index (χ1) is 9.90. The van der Waals surface area contributed by atoms with Crippen molar-refractivity contribution in [1.82, 2.24) is 19.9 Å². The van der Waals surface area contributed by atoms with Gasteiger partial charge in [-0.15, -0.1) is 0 Å². The number of nitrogens with zero attached hydrogens (tertiary/aromatic N) is 3. The zero-order valence-corrected chi connectivity index (χ0v) is 11.9. The molecule has 1 aromatic heterocycles. The average Bonchev–Trinajstić information content (AvgIpc) is 2.91.